The van der Waals surface area contributed by atoms with Crippen LogP contribution in [0.4, 0.5) is 22.9 Å². The second-order valence-electron chi connectivity index (χ2n) is 6.73. The molecule has 0 spiro atoms. The second kappa shape index (κ2) is 9.19. The number of carbonyl (C=O) groups excluding carboxylic acids is 1. The van der Waals surface area contributed by atoms with Gasteiger partial charge in [0.05, 0.1) is 0 Å². The molecular weight excluding hydrogens is 362 g/mol. The van der Waals surface area contributed by atoms with Gasteiger partial charge in [0.25, 0.3) is 5.91 Å². The first-order chi connectivity index (χ1) is 14.0. The highest BCUT2D eigenvalue weighted by molar-refractivity contribution is 6.03. The molecule has 150 valence electrons. The van der Waals surface area contributed by atoms with Gasteiger partial charge in [-0.15, -0.1) is 0 Å². The van der Waals surface area contributed by atoms with Crippen LogP contribution in [-0.2, 0) is 0 Å². The molecule has 6 heteroatoms. The minimum atomic E-state index is -0.256. The zero-order valence-electron chi connectivity index (χ0n) is 17.4. The van der Waals surface area contributed by atoms with Crippen LogP contribution < -0.4 is 15.1 Å². The van der Waals surface area contributed by atoms with Gasteiger partial charge in [0.2, 0.25) is 0 Å². The number of anilines is 4. The third-order valence-electron chi connectivity index (χ3n) is 4.80. The Morgan fingerprint density at radius 2 is 1.59 bits per heavy atom. The van der Waals surface area contributed by atoms with Gasteiger partial charge in [0.1, 0.15) is 17.3 Å². The summed E-state index contributed by atoms with van der Waals surface area (Å²) in [6, 6.07) is 19.5. The zero-order chi connectivity index (χ0) is 20.8. The van der Waals surface area contributed by atoms with Gasteiger partial charge in [-0.05, 0) is 57.2 Å². The Balaban J connectivity index is 1.78. The molecule has 0 saturated heterocycles. The average molecular weight is 390 g/mol. The Bertz CT molecular complexity index is 953. The maximum absolute atomic E-state index is 12.8. The van der Waals surface area contributed by atoms with E-state index in [0.29, 0.717) is 17.3 Å². The van der Waals surface area contributed by atoms with Crippen molar-refractivity contribution in [3.05, 3.63) is 72.2 Å². The zero-order valence-corrected chi connectivity index (χ0v) is 17.4. The number of rotatable bonds is 7. The van der Waals surface area contributed by atoms with Crippen molar-refractivity contribution in [2.45, 2.75) is 20.8 Å². The molecule has 3 rings (SSSR count). The van der Waals surface area contributed by atoms with E-state index in [1.54, 1.807) is 13.0 Å². The topological polar surface area (TPSA) is 61.4 Å². The van der Waals surface area contributed by atoms with Crippen molar-refractivity contribution in [1.82, 2.24) is 9.97 Å². The Hall–Kier alpha value is -3.41. The Morgan fingerprint density at radius 1 is 0.931 bits per heavy atom. The van der Waals surface area contributed by atoms with E-state index in [0.717, 1.165) is 30.2 Å². The molecule has 0 atom stereocenters. The molecule has 1 amide bonds. The molecular formula is C23H27N5O. The molecule has 1 heterocycles. The fraction of sp³-hybridized carbons (Fsp3) is 0.261. The summed E-state index contributed by atoms with van der Waals surface area (Å²) >= 11 is 0. The third kappa shape index (κ3) is 4.90. The lowest BCUT2D eigenvalue weighted by Gasteiger charge is -2.21. The van der Waals surface area contributed by atoms with Gasteiger partial charge in [-0.1, -0.05) is 18.2 Å². The monoisotopic (exact) mass is 389 g/mol. The number of carbonyl (C=O) groups is 1. The average Bonchev–Trinajstić information content (AvgIpc) is 2.75. The Labute approximate surface area is 172 Å². The molecule has 2 aromatic carbocycles. The summed E-state index contributed by atoms with van der Waals surface area (Å²) < 4.78 is 0. The number of aromatic nitrogens is 2. The molecule has 0 unspecified atom stereocenters. The van der Waals surface area contributed by atoms with E-state index in [1.165, 1.54) is 0 Å². The van der Waals surface area contributed by atoms with Crippen molar-refractivity contribution in [3.8, 4) is 0 Å². The van der Waals surface area contributed by atoms with Gasteiger partial charge >= 0.3 is 0 Å². The second-order valence-corrected chi connectivity index (χ2v) is 6.73. The van der Waals surface area contributed by atoms with Gasteiger partial charge in [-0.25, -0.2) is 9.97 Å². The van der Waals surface area contributed by atoms with Gasteiger partial charge in [-0.2, -0.15) is 0 Å². The van der Waals surface area contributed by atoms with Crippen LogP contribution in [-0.4, -0.2) is 36.0 Å². The highest BCUT2D eigenvalue weighted by Crippen LogP contribution is 2.23. The molecule has 6 nitrogen and oxygen atoms in total. The Kier molecular flexibility index (Phi) is 6.44. The smallest absolute Gasteiger partial charge is 0.274 e. The summed E-state index contributed by atoms with van der Waals surface area (Å²) in [6.07, 6.45) is 0. The van der Waals surface area contributed by atoms with Crippen LogP contribution in [0.3, 0.4) is 0 Å². The van der Waals surface area contributed by atoms with Crippen molar-refractivity contribution in [1.29, 1.82) is 0 Å². The van der Waals surface area contributed by atoms with Crippen LogP contribution in [0.2, 0.25) is 0 Å². The number of nitrogens with zero attached hydrogens (tertiary/aromatic N) is 4. The number of amides is 1. The van der Waals surface area contributed by atoms with E-state index < -0.39 is 0 Å². The summed E-state index contributed by atoms with van der Waals surface area (Å²) in [4.78, 5) is 25.8. The predicted molar refractivity (Wildman–Crippen MR) is 119 cm³/mol. The van der Waals surface area contributed by atoms with Crippen molar-refractivity contribution in [2.75, 3.05) is 35.3 Å². The summed E-state index contributed by atoms with van der Waals surface area (Å²) in [5, 5.41) is 2.93. The van der Waals surface area contributed by atoms with Crippen LogP contribution in [0.1, 0.15) is 30.2 Å². The normalized spacial score (nSPS) is 10.5. The van der Waals surface area contributed by atoms with Gasteiger partial charge in [-0.3, -0.25) is 4.79 Å². The van der Waals surface area contributed by atoms with E-state index in [4.69, 9.17) is 0 Å². The molecule has 1 N–H and O–H groups in total. The van der Waals surface area contributed by atoms with Gasteiger partial charge in [0.15, 0.2) is 0 Å². The lowest BCUT2D eigenvalue weighted by Crippen LogP contribution is -2.21. The van der Waals surface area contributed by atoms with Crippen LogP contribution in [0.15, 0.2) is 60.7 Å². The summed E-state index contributed by atoms with van der Waals surface area (Å²) in [5.41, 5.74) is 3.20. The standard InChI is InChI=1S/C23H27N5O/c1-5-28(6-2)20-14-12-18(13-15-20)26-23(29)21-16-22(25-17(3)24-21)27(4)19-10-8-7-9-11-19/h7-16H,5-6H2,1-4H3,(H,26,29). The van der Waals surface area contributed by atoms with Crippen molar-refractivity contribution >= 4 is 28.8 Å². The first-order valence-electron chi connectivity index (χ1n) is 9.82. The maximum atomic E-state index is 12.8. The molecule has 1 aromatic heterocycles. The first kappa shape index (κ1) is 20.3. The molecule has 0 aliphatic heterocycles. The molecule has 0 saturated carbocycles. The number of hydrogen-bond acceptors (Lipinski definition) is 5. The highest BCUT2D eigenvalue weighted by Gasteiger charge is 2.14. The molecule has 3 aromatic rings. The van der Waals surface area contributed by atoms with Crippen LogP contribution in [0.25, 0.3) is 0 Å². The summed E-state index contributed by atoms with van der Waals surface area (Å²) in [5.74, 6) is 0.965. The van der Waals surface area contributed by atoms with Crippen molar-refractivity contribution in [2.24, 2.45) is 0 Å². The molecule has 0 radical (unpaired) electrons. The van der Waals surface area contributed by atoms with E-state index >= 15 is 0 Å². The van der Waals surface area contributed by atoms with Crippen molar-refractivity contribution in [3.63, 3.8) is 0 Å². The first-order valence-corrected chi connectivity index (χ1v) is 9.82. The maximum Gasteiger partial charge on any atom is 0.274 e. The highest BCUT2D eigenvalue weighted by atomic mass is 16.1. The summed E-state index contributed by atoms with van der Waals surface area (Å²) in [7, 11) is 1.92. The fourth-order valence-corrected chi connectivity index (χ4v) is 3.16. The Morgan fingerprint density at radius 3 is 2.21 bits per heavy atom. The number of benzene rings is 2. The minimum Gasteiger partial charge on any atom is -0.372 e. The van der Waals surface area contributed by atoms with Crippen LogP contribution in [0, 0.1) is 6.92 Å². The number of hydrogen-bond donors (Lipinski definition) is 1. The summed E-state index contributed by atoms with van der Waals surface area (Å²) in [6.45, 7) is 7.93. The number of nitrogens with one attached hydrogen (secondary N) is 1. The molecule has 0 aliphatic rings. The van der Waals surface area contributed by atoms with E-state index in [1.807, 2.05) is 66.5 Å². The number of aryl methyl sites for hydroxylation is 1. The number of para-hydroxylation sites is 1. The van der Waals surface area contributed by atoms with E-state index in [9.17, 15) is 4.79 Å². The minimum absolute atomic E-state index is 0.256. The predicted octanol–water partition coefficient (Wildman–Crippen LogP) is 4.65. The fourth-order valence-electron chi connectivity index (χ4n) is 3.16. The lowest BCUT2D eigenvalue weighted by atomic mass is 10.2. The molecule has 29 heavy (non-hydrogen) atoms. The van der Waals surface area contributed by atoms with Crippen molar-refractivity contribution < 1.29 is 4.79 Å². The quantitative estimate of drug-likeness (QED) is 0.637. The molecule has 0 bridgehead atoms. The largest absolute Gasteiger partial charge is 0.372 e. The van der Waals surface area contributed by atoms with Gasteiger partial charge in [0, 0.05) is 43.3 Å². The lowest BCUT2D eigenvalue weighted by molar-refractivity contribution is 0.102. The van der Waals surface area contributed by atoms with E-state index in [-0.39, 0.29) is 5.91 Å². The van der Waals surface area contributed by atoms with Gasteiger partial charge < -0.3 is 15.1 Å². The third-order valence-corrected chi connectivity index (χ3v) is 4.80. The van der Waals surface area contributed by atoms with Crippen LogP contribution >= 0.6 is 0 Å². The molecule has 0 fully saturated rings. The van der Waals surface area contributed by atoms with Crippen LogP contribution in [0.5, 0.6) is 0 Å². The SMILES string of the molecule is CCN(CC)c1ccc(NC(=O)c2cc(N(C)c3ccccc3)nc(C)n2)cc1. The molecule has 0 aliphatic carbocycles. The van der Waals surface area contributed by atoms with E-state index in [2.05, 4.69) is 34.0 Å².